The first-order valence-corrected chi connectivity index (χ1v) is 8.55. The van der Waals surface area contributed by atoms with Gasteiger partial charge in [0.15, 0.2) is 0 Å². The number of aryl methyl sites for hydroxylation is 2. The van der Waals surface area contributed by atoms with Gasteiger partial charge in [-0.25, -0.2) is 0 Å². The molecule has 0 saturated carbocycles. The normalized spacial score (nSPS) is 21.6. The lowest BCUT2D eigenvalue weighted by atomic mass is 9.78. The summed E-state index contributed by atoms with van der Waals surface area (Å²) in [5, 5.41) is 18.1. The smallest absolute Gasteiger partial charge is 0.205 e. The first-order valence-electron chi connectivity index (χ1n) is 8.55. The van der Waals surface area contributed by atoms with Gasteiger partial charge in [-0.2, -0.15) is 15.5 Å². The predicted octanol–water partition coefficient (Wildman–Crippen LogP) is 2.48. The average Bonchev–Trinajstić information content (AvgIpc) is 3.22. The van der Waals surface area contributed by atoms with E-state index < -0.39 is 0 Å². The van der Waals surface area contributed by atoms with Crippen LogP contribution in [-0.2, 0) is 18.8 Å². The molecule has 0 amide bonds. The molecular weight excluding hydrogens is 328 g/mol. The molecule has 1 aliphatic heterocycles. The van der Waals surface area contributed by atoms with Crippen LogP contribution in [0.3, 0.4) is 0 Å². The number of rotatable bonds is 2. The molecule has 1 atom stereocenters. The van der Waals surface area contributed by atoms with Crippen LogP contribution in [0.5, 0.6) is 0 Å². The molecule has 7 nitrogen and oxygen atoms in total. The number of nitrogens with zero attached hydrogens (tertiary/aromatic N) is 5. The highest BCUT2D eigenvalue weighted by Gasteiger charge is 2.36. The number of nitriles is 1. The number of nitrogens with two attached hydrogens (primary N) is 1. The Kier molecular flexibility index (Phi) is 3.88. The third kappa shape index (κ3) is 2.69. The third-order valence-corrected chi connectivity index (χ3v) is 4.83. The monoisotopic (exact) mass is 348 g/mol. The fraction of sp³-hybridized carbons (Fsp3) is 0.316. The van der Waals surface area contributed by atoms with Crippen LogP contribution in [0.4, 0.5) is 0 Å². The van der Waals surface area contributed by atoms with E-state index in [4.69, 9.17) is 10.5 Å². The zero-order valence-electron chi connectivity index (χ0n) is 14.8. The molecule has 2 aliphatic rings. The van der Waals surface area contributed by atoms with E-state index in [1.165, 1.54) is 0 Å². The van der Waals surface area contributed by atoms with E-state index >= 15 is 0 Å². The number of hydrogen-bond donors (Lipinski definition) is 1. The van der Waals surface area contributed by atoms with Crippen molar-refractivity contribution in [3.05, 3.63) is 64.3 Å². The molecule has 2 N–H and O–H groups in total. The summed E-state index contributed by atoms with van der Waals surface area (Å²) >= 11 is 0. The lowest BCUT2D eigenvalue weighted by molar-refractivity contribution is 0.277. The molecule has 0 spiro atoms. The largest absolute Gasteiger partial charge is 0.440 e. The number of hydrogen-bond acceptors (Lipinski definition) is 5. The number of ether oxygens (including phenoxy) is 1. The number of aromatic nitrogens is 4. The minimum atomic E-state index is -0.199. The minimum Gasteiger partial charge on any atom is -0.440 e. The average molecular weight is 348 g/mol. The summed E-state index contributed by atoms with van der Waals surface area (Å²) in [7, 11) is 3.76. The van der Waals surface area contributed by atoms with Crippen molar-refractivity contribution in [2.75, 3.05) is 0 Å². The molecule has 0 bridgehead atoms. The molecule has 0 saturated heterocycles. The van der Waals surface area contributed by atoms with Gasteiger partial charge in [0, 0.05) is 37.6 Å². The van der Waals surface area contributed by atoms with Gasteiger partial charge in [0.2, 0.25) is 5.88 Å². The molecule has 2 aromatic heterocycles. The lowest BCUT2D eigenvalue weighted by Gasteiger charge is -2.32. The fourth-order valence-corrected chi connectivity index (χ4v) is 3.72. The maximum absolute atomic E-state index is 9.65. The summed E-state index contributed by atoms with van der Waals surface area (Å²) in [6.07, 6.45) is 12.4. The summed E-state index contributed by atoms with van der Waals surface area (Å²) in [6, 6.07) is 2.24. The summed E-state index contributed by atoms with van der Waals surface area (Å²) < 4.78 is 9.45. The summed E-state index contributed by atoms with van der Waals surface area (Å²) in [4.78, 5) is 0. The minimum absolute atomic E-state index is 0.180. The second kappa shape index (κ2) is 6.23. The van der Waals surface area contributed by atoms with Gasteiger partial charge in [-0.15, -0.1) is 0 Å². The summed E-state index contributed by atoms with van der Waals surface area (Å²) in [6.45, 7) is 0. The molecule has 26 heavy (non-hydrogen) atoms. The zero-order chi connectivity index (χ0) is 18.3. The molecule has 7 heteroatoms. The van der Waals surface area contributed by atoms with Crippen LogP contribution in [-0.4, -0.2) is 19.6 Å². The number of allylic oxidation sites excluding steroid dienone is 3. The zero-order valence-corrected chi connectivity index (χ0v) is 14.8. The van der Waals surface area contributed by atoms with Crippen molar-refractivity contribution in [3.63, 3.8) is 0 Å². The van der Waals surface area contributed by atoms with E-state index in [1.807, 2.05) is 32.7 Å². The molecule has 1 aliphatic carbocycles. The van der Waals surface area contributed by atoms with Crippen LogP contribution < -0.4 is 5.73 Å². The van der Waals surface area contributed by atoms with E-state index in [2.05, 4.69) is 22.3 Å². The Hall–Kier alpha value is -3.27. The second-order valence-electron chi connectivity index (χ2n) is 6.70. The van der Waals surface area contributed by atoms with E-state index in [1.54, 1.807) is 15.6 Å². The van der Waals surface area contributed by atoms with E-state index in [-0.39, 0.29) is 11.8 Å². The van der Waals surface area contributed by atoms with E-state index in [9.17, 15) is 5.26 Å². The Morgan fingerprint density at radius 1 is 1.23 bits per heavy atom. The maximum atomic E-state index is 9.65. The van der Waals surface area contributed by atoms with Gasteiger partial charge in [-0.1, -0.05) is 0 Å². The van der Waals surface area contributed by atoms with Crippen LogP contribution >= 0.6 is 0 Å². The van der Waals surface area contributed by atoms with Gasteiger partial charge in [0.25, 0.3) is 0 Å². The molecular formula is C19H20N6O. The molecule has 3 heterocycles. The Balaban J connectivity index is 1.83. The molecule has 0 aromatic carbocycles. The van der Waals surface area contributed by atoms with E-state index in [0.717, 1.165) is 47.3 Å². The van der Waals surface area contributed by atoms with Crippen LogP contribution in [0, 0.1) is 11.3 Å². The summed E-state index contributed by atoms with van der Waals surface area (Å²) in [5.41, 5.74) is 10.8. The maximum Gasteiger partial charge on any atom is 0.205 e. The first kappa shape index (κ1) is 16.2. The molecule has 2 aromatic rings. The van der Waals surface area contributed by atoms with Crippen molar-refractivity contribution in [1.82, 2.24) is 19.6 Å². The SMILES string of the molecule is Cn1cc(C=C2CCCC3=C2OC(N)=C(C#N)C3c2cnn(C)c2)cn1. The highest BCUT2D eigenvalue weighted by atomic mass is 16.5. The predicted molar refractivity (Wildman–Crippen MR) is 95.9 cm³/mol. The van der Waals surface area contributed by atoms with Crippen LogP contribution in [0.15, 0.2) is 53.1 Å². The highest BCUT2D eigenvalue weighted by Crippen LogP contribution is 2.46. The lowest BCUT2D eigenvalue weighted by Crippen LogP contribution is -2.23. The van der Waals surface area contributed by atoms with Crippen molar-refractivity contribution < 1.29 is 4.74 Å². The van der Waals surface area contributed by atoms with Gasteiger partial charge >= 0.3 is 0 Å². The Morgan fingerprint density at radius 3 is 2.65 bits per heavy atom. The summed E-state index contributed by atoms with van der Waals surface area (Å²) in [5.74, 6) is 0.777. The topological polar surface area (TPSA) is 94.7 Å². The van der Waals surface area contributed by atoms with Gasteiger partial charge in [-0.05, 0) is 36.5 Å². The van der Waals surface area contributed by atoms with E-state index in [0.29, 0.717) is 5.57 Å². The van der Waals surface area contributed by atoms with Crippen molar-refractivity contribution in [3.8, 4) is 6.07 Å². The molecule has 132 valence electrons. The molecule has 0 fully saturated rings. The van der Waals surface area contributed by atoms with Crippen molar-refractivity contribution in [2.45, 2.75) is 25.2 Å². The van der Waals surface area contributed by atoms with Gasteiger partial charge in [0.05, 0.1) is 18.3 Å². The second-order valence-corrected chi connectivity index (χ2v) is 6.70. The first-order chi connectivity index (χ1) is 12.6. The Bertz CT molecular complexity index is 997. The molecule has 4 rings (SSSR count). The van der Waals surface area contributed by atoms with Gasteiger partial charge < -0.3 is 10.5 Å². The molecule has 0 radical (unpaired) electrons. The molecule has 1 unspecified atom stereocenters. The highest BCUT2D eigenvalue weighted by molar-refractivity contribution is 5.61. The van der Waals surface area contributed by atoms with Crippen molar-refractivity contribution in [1.29, 1.82) is 5.26 Å². The quantitative estimate of drug-likeness (QED) is 0.900. The Labute approximate surface area is 151 Å². The van der Waals surface area contributed by atoms with Gasteiger partial charge in [-0.3, -0.25) is 9.36 Å². The van der Waals surface area contributed by atoms with Crippen molar-refractivity contribution >= 4 is 6.08 Å². The third-order valence-electron chi connectivity index (χ3n) is 4.83. The van der Waals surface area contributed by atoms with Crippen LogP contribution in [0.25, 0.3) is 6.08 Å². The van der Waals surface area contributed by atoms with Crippen LogP contribution in [0.2, 0.25) is 0 Å². The van der Waals surface area contributed by atoms with Crippen molar-refractivity contribution in [2.24, 2.45) is 19.8 Å². The Morgan fingerprint density at radius 2 is 2.00 bits per heavy atom. The fourth-order valence-electron chi connectivity index (χ4n) is 3.72. The van der Waals surface area contributed by atoms with Crippen LogP contribution in [0.1, 0.15) is 36.3 Å². The standard InChI is InChI=1S/C19H20N6O/c1-24-10-12(8-22-24)6-13-4-3-5-15-17(14-9-23-25(2)11-14)16(7-20)19(21)26-18(13)15/h6,8-11,17H,3-5,21H2,1-2H3. The van der Waals surface area contributed by atoms with Gasteiger partial charge in [0.1, 0.15) is 17.4 Å².